The Morgan fingerprint density at radius 3 is 2.74 bits per heavy atom. The van der Waals surface area contributed by atoms with Crippen molar-refractivity contribution in [2.45, 2.75) is 11.0 Å². The van der Waals surface area contributed by atoms with Crippen molar-refractivity contribution in [3.05, 3.63) is 29.6 Å². The molecule has 0 aliphatic carbocycles. The Hall–Kier alpha value is -2.09. The van der Waals surface area contributed by atoms with Crippen molar-refractivity contribution in [1.82, 2.24) is 0 Å². The molecule has 1 heterocycles. The molecule has 0 amide bonds. The zero-order valence-electron chi connectivity index (χ0n) is 9.33. The van der Waals surface area contributed by atoms with Crippen LogP contribution in [0.4, 0.5) is 4.39 Å². The highest BCUT2D eigenvalue weighted by atomic mass is 32.2. The third-order valence-electron chi connectivity index (χ3n) is 2.56. The summed E-state index contributed by atoms with van der Waals surface area (Å²) in [5.41, 5.74) is -0.380. The molecule has 1 aliphatic rings. The van der Waals surface area contributed by atoms with Crippen LogP contribution in [-0.4, -0.2) is 38.3 Å². The highest BCUT2D eigenvalue weighted by Crippen LogP contribution is 2.28. The zero-order valence-corrected chi connectivity index (χ0v) is 10.1. The molecule has 0 saturated carbocycles. The summed E-state index contributed by atoms with van der Waals surface area (Å²) in [5, 5.41) is 0. The molecule has 19 heavy (non-hydrogen) atoms. The van der Waals surface area contributed by atoms with Crippen molar-refractivity contribution in [1.29, 1.82) is 0 Å². The lowest BCUT2D eigenvalue weighted by molar-refractivity contribution is -0.150. The molecule has 8 heteroatoms. The van der Waals surface area contributed by atoms with Crippen molar-refractivity contribution in [2.75, 3.05) is 5.75 Å². The topological polar surface area (TPSA) is 94.6 Å². The Kier molecular flexibility index (Phi) is 3.19. The van der Waals surface area contributed by atoms with E-state index in [1.54, 1.807) is 0 Å². The van der Waals surface area contributed by atoms with E-state index in [0.29, 0.717) is 0 Å². The largest absolute Gasteiger partial charge is 0.447 e. The normalized spacial score (nSPS) is 20.5. The summed E-state index contributed by atoms with van der Waals surface area (Å²) in [6.45, 7) is 0. The van der Waals surface area contributed by atoms with E-state index in [9.17, 15) is 27.2 Å². The van der Waals surface area contributed by atoms with Gasteiger partial charge in [-0.2, -0.15) is 0 Å². The summed E-state index contributed by atoms with van der Waals surface area (Å²) >= 11 is 0. The Balaban J connectivity index is 2.53. The van der Waals surface area contributed by atoms with Crippen LogP contribution in [0.25, 0.3) is 0 Å². The van der Waals surface area contributed by atoms with Crippen LogP contribution < -0.4 is 0 Å². The molecule has 0 spiro atoms. The van der Waals surface area contributed by atoms with Crippen LogP contribution in [-0.2, 0) is 24.2 Å². The molecule has 0 bridgehead atoms. The first-order valence-electron chi connectivity index (χ1n) is 5.08. The number of aldehydes is 1. The third-order valence-corrected chi connectivity index (χ3v) is 4.34. The van der Waals surface area contributed by atoms with Crippen LogP contribution in [0.3, 0.4) is 0 Å². The standard InChI is InChI=1S/C11H7FO6S/c12-7-3-1-2-6-10(15)8(18-9(14)4-13)5-19(16,17)11(6)7/h1-4,8H,5H2. The number of ether oxygens (including phenoxy) is 1. The van der Waals surface area contributed by atoms with Gasteiger partial charge in [0.2, 0.25) is 12.1 Å². The predicted molar refractivity (Wildman–Crippen MR) is 58.7 cm³/mol. The number of carbonyl (C=O) groups is 3. The summed E-state index contributed by atoms with van der Waals surface area (Å²) in [7, 11) is -4.10. The van der Waals surface area contributed by atoms with Gasteiger partial charge in [-0.05, 0) is 12.1 Å². The van der Waals surface area contributed by atoms with Crippen molar-refractivity contribution in [3.63, 3.8) is 0 Å². The van der Waals surface area contributed by atoms with Crippen molar-refractivity contribution in [3.8, 4) is 0 Å². The van der Waals surface area contributed by atoms with Gasteiger partial charge in [0, 0.05) is 5.56 Å². The summed E-state index contributed by atoms with van der Waals surface area (Å²) < 4.78 is 41.6. The minimum Gasteiger partial charge on any atom is -0.447 e. The predicted octanol–water partition coefficient (Wildman–Crippen LogP) is -0.0936. The zero-order chi connectivity index (χ0) is 14.2. The maximum absolute atomic E-state index is 13.5. The monoisotopic (exact) mass is 286 g/mol. The van der Waals surface area contributed by atoms with E-state index in [1.807, 2.05) is 0 Å². The molecule has 1 aromatic carbocycles. The first-order chi connectivity index (χ1) is 8.86. The highest BCUT2D eigenvalue weighted by Gasteiger charge is 2.40. The van der Waals surface area contributed by atoms with Gasteiger partial charge in [-0.3, -0.25) is 9.59 Å². The van der Waals surface area contributed by atoms with Crippen LogP contribution in [0.15, 0.2) is 23.1 Å². The maximum atomic E-state index is 13.5. The summed E-state index contributed by atoms with van der Waals surface area (Å²) in [5.74, 6) is -4.11. The van der Waals surface area contributed by atoms with Gasteiger partial charge in [-0.1, -0.05) is 6.07 Å². The molecule has 6 nitrogen and oxygen atoms in total. The number of carbonyl (C=O) groups excluding carboxylic acids is 3. The van der Waals surface area contributed by atoms with Crippen molar-refractivity contribution < 1.29 is 31.9 Å². The number of ketones is 1. The lowest BCUT2D eigenvalue weighted by Crippen LogP contribution is -2.40. The number of esters is 1. The molecular weight excluding hydrogens is 279 g/mol. The van der Waals surface area contributed by atoms with Crippen LogP contribution in [0.5, 0.6) is 0 Å². The van der Waals surface area contributed by atoms with Gasteiger partial charge in [0.05, 0.1) is 5.75 Å². The summed E-state index contributed by atoms with van der Waals surface area (Å²) in [4.78, 5) is 32.1. The molecule has 100 valence electrons. The van der Waals surface area contributed by atoms with Gasteiger partial charge in [-0.25, -0.2) is 17.6 Å². The number of sulfone groups is 1. The Morgan fingerprint density at radius 1 is 1.42 bits per heavy atom. The maximum Gasteiger partial charge on any atom is 0.372 e. The highest BCUT2D eigenvalue weighted by molar-refractivity contribution is 7.91. The van der Waals surface area contributed by atoms with Crippen LogP contribution >= 0.6 is 0 Å². The lowest BCUT2D eigenvalue weighted by Gasteiger charge is -2.22. The van der Waals surface area contributed by atoms with E-state index in [4.69, 9.17) is 0 Å². The fourth-order valence-corrected chi connectivity index (χ4v) is 3.46. The fourth-order valence-electron chi connectivity index (χ4n) is 1.81. The Bertz CT molecular complexity index is 678. The quantitative estimate of drug-likeness (QED) is 0.428. The molecule has 0 N–H and O–H groups in total. The minimum absolute atomic E-state index is 0.180. The molecular formula is C11H7FO6S. The SMILES string of the molecule is O=CC(=O)OC1CS(=O)(=O)c2c(F)cccc2C1=O. The smallest absolute Gasteiger partial charge is 0.372 e. The second kappa shape index (κ2) is 4.54. The minimum atomic E-state index is -4.10. The summed E-state index contributed by atoms with van der Waals surface area (Å²) in [6.07, 6.45) is -1.81. The number of hydrogen-bond donors (Lipinski definition) is 0. The van der Waals surface area contributed by atoms with Crippen LogP contribution in [0, 0.1) is 5.82 Å². The lowest BCUT2D eigenvalue weighted by atomic mass is 10.1. The van der Waals surface area contributed by atoms with Gasteiger partial charge in [0.15, 0.2) is 15.9 Å². The van der Waals surface area contributed by atoms with E-state index in [1.165, 1.54) is 6.07 Å². The number of hydrogen-bond acceptors (Lipinski definition) is 6. The summed E-state index contributed by atoms with van der Waals surface area (Å²) in [6, 6.07) is 3.21. The number of fused-ring (bicyclic) bond motifs is 1. The van der Waals surface area contributed by atoms with Gasteiger partial charge in [0.25, 0.3) is 0 Å². The molecule has 0 saturated heterocycles. The van der Waals surface area contributed by atoms with Gasteiger partial charge in [0.1, 0.15) is 10.7 Å². The van der Waals surface area contributed by atoms with Gasteiger partial charge >= 0.3 is 5.97 Å². The Morgan fingerprint density at radius 2 is 2.11 bits per heavy atom. The van der Waals surface area contributed by atoms with E-state index in [0.717, 1.165) is 12.1 Å². The molecule has 0 fully saturated rings. The average Bonchev–Trinajstić information content (AvgIpc) is 2.34. The number of Topliss-reactive ketones (excluding diaryl/α,β-unsaturated/α-hetero) is 1. The van der Waals surface area contributed by atoms with Crippen molar-refractivity contribution >= 4 is 27.9 Å². The Labute approximate surface area is 107 Å². The van der Waals surface area contributed by atoms with E-state index < -0.39 is 44.2 Å². The second-order valence-electron chi connectivity index (χ2n) is 3.81. The molecule has 1 unspecified atom stereocenters. The van der Waals surface area contributed by atoms with E-state index in [2.05, 4.69) is 4.74 Å². The molecule has 2 rings (SSSR count). The number of rotatable bonds is 2. The van der Waals surface area contributed by atoms with Crippen molar-refractivity contribution in [2.24, 2.45) is 0 Å². The van der Waals surface area contributed by atoms with E-state index >= 15 is 0 Å². The molecule has 1 atom stereocenters. The average molecular weight is 286 g/mol. The third kappa shape index (κ3) is 2.26. The first kappa shape index (κ1) is 13.3. The number of benzene rings is 1. The molecule has 1 aromatic rings. The second-order valence-corrected chi connectivity index (χ2v) is 5.78. The van der Waals surface area contributed by atoms with Gasteiger partial charge < -0.3 is 4.74 Å². The molecule has 0 aromatic heterocycles. The van der Waals surface area contributed by atoms with Gasteiger partial charge in [-0.15, -0.1) is 0 Å². The van der Waals surface area contributed by atoms with Crippen LogP contribution in [0.2, 0.25) is 0 Å². The van der Waals surface area contributed by atoms with E-state index in [-0.39, 0.29) is 11.8 Å². The fraction of sp³-hybridized carbons (Fsp3) is 0.182. The number of halogens is 1. The van der Waals surface area contributed by atoms with Crippen LogP contribution in [0.1, 0.15) is 10.4 Å². The molecule has 0 radical (unpaired) electrons. The molecule has 1 aliphatic heterocycles. The first-order valence-corrected chi connectivity index (χ1v) is 6.73.